The van der Waals surface area contributed by atoms with E-state index in [0.717, 1.165) is 12.1 Å². The van der Waals surface area contributed by atoms with E-state index in [1.165, 1.54) is 17.0 Å². The number of alkyl halides is 3. The third-order valence-electron chi connectivity index (χ3n) is 3.62. The van der Waals surface area contributed by atoms with Crippen molar-refractivity contribution in [2.24, 2.45) is 0 Å². The first-order valence-corrected chi connectivity index (χ1v) is 9.07. The van der Waals surface area contributed by atoms with Crippen molar-refractivity contribution in [3.05, 3.63) is 53.8 Å². The third-order valence-corrected chi connectivity index (χ3v) is 5.15. The van der Waals surface area contributed by atoms with Crippen molar-refractivity contribution in [2.75, 3.05) is 19.4 Å². The summed E-state index contributed by atoms with van der Waals surface area (Å²) in [5, 5.41) is 2.54. The monoisotopic (exact) mass is 404 g/mol. The molecule has 0 heterocycles. The van der Waals surface area contributed by atoms with Gasteiger partial charge in [-0.05, 0) is 35.9 Å². The van der Waals surface area contributed by atoms with E-state index in [4.69, 9.17) is 0 Å². The first-order chi connectivity index (χ1) is 12.4. The number of nitrogens with one attached hydrogen (secondary N) is 1. The Bertz CT molecular complexity index is 940. The number of carbonyl (C=O) groups is 1. The highest BCUT2D eigenvalue weighted by Crippen LogP contribution is 2.35. The maximum absolute atomic E-state index is 13.3. The van der Waals surface area contributed by atoms with Crippen LogP contribution < -0.4 is 5.32 Å². The lowest BCUT2D eigenvalue weighted by atomic mass is 10.1. The van der Waals surface area contributed by atoms with Gasteiger partial charge in [-0.2, -0.15) is 13.2 Å². The average molecular weight is 404 g/mol. The van der Waals surface area contributed by atoms with Crippen LogP contribution in [0.3, 0.4) is 0 Å². The summed E-state index contributed by atoms with van der Waals surface area (Å²) in [5.41, 5.74) is -5.03. The van der Waals surface area contributed by atoms with E-state index in [1.807, 2.05) is 0 Å². The van der Waals surface area contributed by atoms with Crippen LogP contribution in [0, 0.1) is 5.82 Å². The van der Waals surface area contributed by atoms with Crippen molar-refractivity contribution in [1.29, 1.82) is 0 Å². The van der Waals surface area contributed by atoms with Gasteiger partial charge < -0.3 is 10.2 Å². The summed E-state index contributed by atoms with van der Waals surface area (Å²) in [6.45, 7) is 0. The van der Waals surface area contributed by atoms with Gasteiger partial charge in [-0.3, -0.25) is 4.79 Å². The summed E-state index contributed by atoms with van der Waals surface area (Å²) in [5.74, 6) is -1.24. The second kappa shape index (κ2) is 7.55. The van der Waals surface area contributed by atoms with E-state index in [9.17, 15) is 30.8 Å². The van der Waals surface area contributed by atoms with E-state index in [1.54, 1.807) is 26.2 Å². The predicted molar refractivity (Wildman–Crippen MR) is 91.8 cm³/mol. The highest BCUT2D eigenvalue weighted by atomic mass is 32.2. The van der Waals surface area contributed by atoms with E-state index < -0.39 is 31.7 Å². The number of likely N-dealkylation sites (N-methyl/N-ethyl adjacent to an activating group) is 1. The fraction of sp³-hybridized carbons (Fsp3) is 0.235. The SMILES string of the molecule is CN(C)C(=O)Cc1ccc(Nc2ccc(F)cc2S(=O)(=O)C(F)(F)F)cc1. The minimum absolute atomic E-state index is 0.132. The molecule has 0 aliphatic rings. The zero-order chi connectivity index (χ0) is 20.4. The number of anilines is 2. The normalized spacial score (nSPS) is 11.9. The van der Waals surface area contributed by atoms with E-state index in [-0.39, 0.29) is 18.0 Å². The standard InChI is InChI=1S/C17H16F4N2O3S/c1-23(2)16(24)9-11-3-6-13(7-4-11)22-14-8-5-12(18)10-15(14)27(25,26)17(19,20)21/h3-8,10,22H,9H2,1-2H3. The number of nitrogens with zero attached hydrogens (tertiary/aromatic N) is 1. The molecule has 5 nitrogen and oxygen atoms in total. The summed E-state index contributed by atoms with van der Waals surface area (Å²) < 4.78 is 75.2. The Balaban J connectivity index is 2.32. The van der Waals surface area contributed by atoms with Gasteiger partial charge in [0, 0.05) is 19.8 Å². The summed E-state index contributed by atoms with van der Waals surface area (Å²) >= 11 is 0. The maximum Gasteiger partial charge on any atom is 0.501 e. The predicted octanol–water partition coefficient (Wildman–Crippen LogP) is 3.49. The van der Waals surface area contributed by atoms with E-state index in [2.05, 4.69) is 5.32 Å². The van der Waals surface area contributed by atoms with Crippen molar-refractivity contribution in [2.45, 2.75) is 16.8 Å². The molecule has 0 aliphatic heterocycles. The quantitative estimate of drug-likeness (QED) is 0.775. The Morgan fingerprint density at radius 3 is 2.19 bits per heavy atom. The zero-order valence-electron chi connectivity index (χ0n) is 14.3. The molecule has 2 aromatic rings. The molecule has 0 bridgehead atoms. The number of sulfone groups is 1. The lowest BCUT2D eigenvalue weighted by molar-refractivity contribution is -0.127. The number of amides is 1. The molecule has 146 valence electrons. The molecule has 0 fully saturated rings. The van der Waals surface area contributed by atoms with Gasteiger partial charge in [0.15, 0.2) is 0 Å². The molecule has 2 aromatic carbocycles. The minimum atomic E-state index is -5.74. The van der Waals surface area contributed by atoms with Crippen molar-refractivity contribution >= 4 is 27.1 Å². The molecule has 0 spiro atoms. The van der Waals surface area contributed by atoms with Crippen molar-refractivity contribution in [1.82, 2.24) is 4.90 Å². The fourth-order valence-corrected chi connectivity index (χ4v) is 3.07. The molecular formula is C17H16F4N2O3S. The van der Waals surface area contributed by atoms with Crippen molar-refractivity contribution in [3.63, 3.8) is 0 Å². The van der Waals surface area contributed by atoms with E-state index >= 15 is 0 Å². The van der Waals surface area contributed by atoms with Crippen LogP contribution in [0.15, 0.2) is 47.4 Å². The number of hydrogen-bond donors (Lipinski definition) is 1. The number of halogens is 4. The molecule has 0 saturated carbocycles. The average Bonchev–Trinajstić information content (AvgIpc) is 2.57. The highest BCUT2D eigenvalue weighted by molar-refractivity contribution is 7.92. The van der Waals surface area contributed by atoms with Crippen LogP contribution in [0.4, 0.5) is 28.9 Å². The Labute approximate surface area is 153 Å². The summed E-state index contributed by atoms with van der Waals surface area (Å²) in [4.78, 5) is 11.9. The van der Waals surface area contributed by atoms with Crippen LogP contribution in [0.5, 0.6) is 0 Å². The van der Waals surface area contributed by atoms with Crippen LogP contribution in [0.25, 0.3) is 0 Å². The molecule has 0 aromatic heterocycles. The Morgan fingerprint density at radius 1 is 1.07 bits per heavy atom. The highest BCUT2D eigenvalue weighted by Gasteiger charge is 2.48. The Hall–Kier alpha value is -2.62. The summed E-state index contributed by atoms with van der Waals surface area (Å²) in [6.07, 6.45) is 0.136. The van der Waals surface area contributed by atoms with Crippen LogP contribution in [-0.4, -0.2) is 38.8 Å². The molecule has 0 aliphatic carbocycles. The van der Waals surface area contributed by atoms with Crippen LogP contribution in [0.2, 0.25) is 0 Å². The smallest absolute Gasteiger partial charge is 0.354 e. The van der Waals surface area contributed by atoms with Gasteiger partial charge in [-0.25, -0.2) is 12.8 Å². The number of rotatable bonds is 5. The fourth-order valence-electron chi connectivity index (χ4n) is 2.14. The molecule has 1 amide bonds. The van der Waals surface area contributed by atoms with Gasteiger partial charge in [-0.1, -0.05) is 12.1 Å². The van der Waals surface area contributed by atoms with Gasteiger partial charge in [0.1, 0.15) is 10.7 Å². The van der Waals surface area contributed by atoms with Gasteiger partial charge >= 0.3 is 5.51 Å². The number of hydrogen-bond acceptors (Lipinski definition) is 4. The van der Waals surface area contributed by atoms with Gasteiger partial charge in [-0.15, -0.1) is 0 Å². The van der Waals surface area contributed by atoms with Gasteiger partial charge in [0.05, 0.1) is 12.1 Å². The Kier molecular flexibility index (Phi) is 5.79. The molecule has 0 unspecified atom stereocenters. The molecule has 10 heteroatoms. The first-order valence-electron chi connectivity index (χ1n) is 7.59. The zero-order valence-corrected chi connectivity index (χ0v) is 15.2. The lowest BCUT2D eigenvalue weighted by Crippen LogP contribution is -2.24. The molecular weight excluding hydrogens is 388 g/mol. The molecule has 0 saturated heterocycles. The van der Waals surface area contributed by atoms with Gasteiger partial charge in [0.2, 0.25) is 5.91 Å². The minimum Gasteiger partial charge on any atom is -0.354 e. The number of benzene rings is 2. The Morgan fingerprint density at radius 2 is 1.67 bits per heavy atom. The molecule has 27 heavy (non-hydrogen) atoms. The summed E-state index contributed by atoms with van der Waals surface area (Å²) in [7, 11) is -2.52. The second-order valence-electron chi connectivity index (χ2n) is 5.88. The first kappa shape index (κ1) is 20.7. The molecule has 0 radical (unpaired) electrons. The maximum atomic E-state index is 13.3. The van der Waals surface area contributed by atoms with Crippen LogP contribution >= 0.6 is 0 Å². The van der Waals surface area contributed by atoms with Gasteiger partial charge in [0.25, 0.3) is 9.84 Å². The molecule has 1 N–H and O–H groups in total. The third kappa shape index (κ3) is 4.76. The molecule has 2 rings (SSSR count). The van der Waals surface area contributed by atoms with Crippen LogP contribution in [0.1, 0.15) is 5.56 Å². The van der Waals surface area contributed by atoms with E-state index in [0.29, 0.717) is 11.6 Å². The van der Waals surface area contributed by atoms with Crippen molar-refractivity contribution in [3.8, 4) is 0 Å². The lowest BCUT2D eigenvalue weighted by Gasteiger charge is -2.15. The second-order valence-corrected chi connectivity index (χ2v) is 7.79. The van der Waals surface area contributed by atoms with Crippen molar-refractivity contribution < 1.29 is 30.8 Å². The molecule has 0 atom stereocenters. The topological polar surface area (TPSA) is 66.5 Å². The number of carbonyl (C=O) groups excluding carboxylic acids is 1. The van der Waals surface area contributed by atoms with Crippen LogP contribution in [-0.2, 0) is 21.1 Å². The largest absolute Gasteiger partial charge is 0.501 e. The summed E-state index contributed by atoms with van der Waals surface area (Å²) in [6, 6.07) is 8.18.